The molecule has 1 radical (unpaired) electrons. The molecular weight excluding hydrogens is 949 g/mol. The largest absolute Gasteiger partial charge is 0.495 e. The van der Waals surface area contributed by atoms with Crippen molar-refractivity contribution in [1.82, 2.24) is 14.5 Å². The van der Waals surface area contributed by atoms with Crippen LogP contribution < -0.4 is 14.2 Å². The maximum absolute atomic E-state index is 14.0. The molecule has 4 aliphatic heterocycles. The second-order valence-electron chi connectivity index (χ2n) is 22.9. The maximum atomic E-state index is 14.0. The lowest BCUT2D eigenvalue weighted by atomic mass is 9.79. The average Bonchev–Trinajstić information content (AvgIpc) is 3.92. The SMILES string of the molecule is C#Cc1cc2c(cc1OC)CC/C(C)=C(\C(=C)C1=CCCOCC1(C)C)N=C(C1CCCC1)C=C2.COc1cc2c(cc1OC(C)C)-n1c(C3CCC#CCC3)nc(C(=O)N3CCOCC3(C)C)c1CC2.O.[CH2]C(C)C. The quantitative estimate of drug-likeness (QED) is 0.195. The molecule has 0 bridgehead atoms. The van der Waals surface area contributed by atoms with E-state index in [0.717, 1.165) is 121 Å². The molecule has 11 heteroatoms. The third-order valence-corrected chi connectivity index (χ3v) is 15.1. The van der Waals surface area contributed by atoms with Gasteiger partial charge in [-0.2, -0.15) is 0 Å². The van der Waals surface area contributed by atoms with Crippen LogP contribution in [0.2, 0.25) is 0 Å². The fourth-order valence-electron chi connectivity index (χ4n) is 11.2. The summed E-state index contributed by atoms with van der Waals surface area (Å²) >= 11 is 0. The van der Waals surface area contributed by atoms with Crippen molar-refractivity contribution >= 4 is 17.7 Å². The Morgan fingerprint density at radius 3 is 2.16 bits per heavy atom. The molecule has 6 aliphatic rings. The Morgan fingerprint density at radius 2 is 1.51 bits per heavy atom. The molecule has 409 valence electrons. The molecule has 0 atom stereocenters. The number of rotatable bonds is 9. The van der Waals surface area contributed by atoms with Crippen LogP contribution in [0.15, 0.2) is 70.4 Å². The second-order valence-corrected chi connectivity index (χ2v) is 22.9. The molecular formula is C65H87N4O7. The van der Waals surface area contributed by atoms with Crippen molar-refractivity contribution < 1.29 is 34.0 Å². The zero-order valence-electron chi connectivity index (χ0n) is 47.8. The Balaban J connectivity index is 0.000000228. The van der Waals surface area contributed by atoms with Gasteiger partial charge < -0.3 is 34.1 Å². The van der Waals surface area contributed by atoms with E-state index in [0.29, 0.717) is 49.6 Å². The van der Waals surface area contributed by atoms with Crippen LogP contribution in [-0.4, -0.2) is 90.4 Å². The highest BCUT2D eigenvalue weighted by Gasteiger charge is 2.39. The summed E-state index contributed by atoms with van der Waals surface area (Å²) in [5.41, 5.74) is 12.3. The number of amides is 1. The van der Waals surface area contributed by atoms with E-state index < -0.39 is 0 Å². The number of hydrogen-bond donors (Lipinski definition) is 0. The van der Waals surface area contributed by atoms with Gasteiger partial charge in [0.1, 0.15) is 17.3 Å². The van der Waals surface area contributed by atoms with Gasteiger partial charge in [0.05, 0.1) is 74.9 Å². The predicted molar refractivity (Wildman–Crippen MR) is 309 cm³/mol. The number of benzene rings is 2. The zero-order valence-corrected chi connectivity index (χ0v) is 47.8. The molecule has 0 unspecified atom stereocenters. The number of allylic oxidation sites excluding steroid dienone is 3. The standard InChI is InChI=1S/C32H39NO2.C29H37N3O4.C4H9.H2O/c1-7-24-19-26-16-17-29(25-11-8-9-12-25)33-31(22(2)14-15-27(26)20-30(24)34-6)23(3)28-13-10-18-35-21-32(28,4)5;1-19(2)36-25-17-23-21(16-24(25)34-5)12-13-22-26(28(33)31-14-15-35-18-29(31,3)4)30-27(32(22)23)20-10-8-6-7-9-11-20;1-4(2)3;/h1,13,16-17,19-20,25H,3,8-12,14-15,18,21H2,2,4-6H3;16-17,19-20H,8-15,18H2,1-5H3;4H,1H2,2-3H3;1H2/b17-16?,31-22+,33-29?;;;. The summed E-state index contributed by atoms with van der Waals surface area (Å²) in [5, 5.41) is 0. The van der Waals surface area contributed by atoms with E-state index in [4.69, 9.17) is 40.1 Å². The number of fused-ring (bicyclic) bond motifs is 4. The molecule has 11 nitrogen and oxygen atoms in total. The molecule has 1 amide bonds. The second kappa shape index (κ2) is 26.5. The number of hydrogen-bond acceptors (Lipinski definition) is 8. The smallest absolute Gasteiger partial charge is 0.274 e. The number of imidazole rings is 1. The van der Waals surface area contributed by atoms with Crippen LogP contribution in [0.25, 0.3) is 11.8 Å². The average molecular weight is 1040 g/mol. The number of aryl methyl sites for hydroxylation is 2. The topological polar surface area (TPSA) is 128 Å². The van der Waals surface area contributed by atoms with E-state index in [1.165, 1.54) is 48.0 Å². The first-order valence-electron chi connectivity index (χ1n) is 27.7. The Morgan fingerprint density at radius 1 is 0.855 bits per heavy atom. The number of morpholine rings is 1. The summed E-state index contributed by atoms with van der Waals surface area (Å²) in [6.07, 6.45) is 25.3. The number of nitrogens with zero attached hydrogens (tertiary/aromatic N) is 4. The molecule has 2 N–H and O–H groups in total. The first kappa shape index (κ1) is 59.4. The Bertz CT molecular complexity index is 2780. The summed E-state index contributed by atoms with van der Waals surface area (Å²) in [4.78, 5) is 26.5. The summed E-state index contributed by atoms with van der Waals surface area (Å²) in [6, 6.07) is 8.35. The fraction of sp³-hybridized carbons (Fsp3) is 0.538. The fourth-order valence-corrected chi connectivity index (χ4v) is 11.2. The van der Waals surface area contributed by atoms with E-state index in [9.17, 15) is 4.79 Å². The van der Waals surface area contributed by atoms with Crippen molar-refractivity contribution in [1.29, 1.82) is 0 Å². The summed E-state index contributed by atoms with van der Waals surface area (Å²) in [6.45, 7) is 30.3. The van der Waals surface area contributed by atoms with Crippen LogP contribution in [0.3, 0.4) is 0 Å². The zero-order chi connectivity index (χ0) is 54.0. The van der Waals surface area contributed by atoms with Crippen molar-refractivity contribution in [2.75, 3.05) is 47.2 Å². The number of carbonyl (C=O) groups is 1. The highest BCUT2D eigenvalue weighted by molar-refractivity contribution is 6.01. The summed E-state index contributed by atoms with van der Waals surface area (Å²) < 4.78 is 31.2. The monoisotopic (exact) mass is 1040 g/mol. The van der Waals surface area contributed by atoms with Gasteiger partial charge in [0.2, 0.25) is 0 Å². The van der Waals surface area contributed by atoms with Gasteiger partial charge in [-0.1, -0.05) is 72.1 Å². The van der Waals surface area contributed by atoms with E-state index in [2.05, 4.69) is 127 Å². The molecule has 1 saturated carbocycles. The van der Waals surface area contributed by atoms with Gasteiger partial charge in [0.15, 0.2) is 11.5 Å². The van der Waals surface area contributed by atoms with E-state index >= 15 is 0 Å². The Hall–Kier alpha value is -5.85. The van der Waals surface area contributed by atoms with Crippen molar-refractivity contribution in [3.63, 3.8) is 0 Å². The first-order valence-corrected chi connectivity index (χ1v) is 27.7. The molecule has 0 spiro atoms. The van der Waals surface area contributed by atoms with Crippen LogP contribution >= 0.6 is 0 Å². The van der Waals surface area contributed by atoms with Gasteiger partial charge in [-0.3, -0.25) is 14.4 Å². The number of aliphatic imine (C=N–C) groups is 1. The highest BCUT2D eigenvalue weighted by Crippen LogP contribution is 2.43. The van der Waals surface area contributed by atoms with Gasteiger partial charge in [-0.25, -0.2) is 4.98 Å². The van der Waals surface area contributed by atoms with Gasteiger partial charge >= 0.3 is 0 Å². The molecule has 2 aliphatic carbocycles. The third-order valence-electron chi connectivity index (χ3n) is 15.1. The van der Waals surface area contributed by atoms with Crippen LogP contribution in [0.4, 0.5) is 0 Å². The lowest BCUT2D eigenvalue weighted by Crippen LogP contribution is -2.55. The summed E-state index contributed by atoms with van der Waals surface area (Å²) in [5.74, 6) is 13.8. The van der Waals surface area contributed by atoms with E-state index in [1.54, 1.807) is 14.2 Å². The Kier molecular flexibility index (Phi) is 20.7. The van der Waals surface area contributed by atoms with Crippen molar-refractivity contribution in [2.45, 2.75) is 163 Å². The normalized spacial score (nSPS) is 20.1. The minimum absolute atomic E-state index is 0. The molecule has 1 aromatic heterocycles. The lowest BCUT2D eigenvalue weighted by molar-refractivity contribution is -0.0373. The minimum Gasteiger partial charge on any atom is -0.495 e. The van der Waals surface area contributed by atoms with Gasteiger partial charge in [-0.15, -0.1) is 18.3 Å². The number of carbonyl (C=O) groups excluding carboxylic acids is 1. The minimum atomic E-state index is -0.375. The molecule has 2 fully saturated rings. The first-order chi connectivity index (χ1) is 35.9. The van der Waals surface area contributed by atoms with Crippen LogP contribution in [0, 0.1) is 48.4 Å². The van der Waals surface area contributed by atoms with E-state index in [-0.39, 0.29) is 34.4 Å². The third kappa shape index (κ3) is 14.0. The number of aromatic nitrogens is 2. The predicted octanol–water partition coefficient (Wildman–Crippen LogP) is 12.8. The number of methoxy groups -OCH3 is 2. The molecule has 3 aromatic rings. The van der Waals surface area contributed by atoms with Gasteiger partial charge in [0, 0.05) is 48.4 Å². The number of ether oxygens (including phenoxy) is 5. The van der Waals surface area contributed by atoms with Gasteiger partial charge in [-0.05, 0) is 156 Å². The molecule has 2 aromatic carbocycles. The van der Waals surface area contributed by atoms with Crippen LogP contribution in [-0.2, 0) is 28.7 Å². The molecule has 5 heterocycles. The molecule has 76 heavy (non-hydrogen) atoms. The lowest BCUT2D eigenvalue weighted by Gasteiger charge is -2.41. The van der Waals surface area contributed by atoms with Crippen molar-refractivity contribution in [3.8, 4) is 47.1 Å². The highest BCUT2D eigenvalue weighted by atomic mass is 16.5. The Labute approximate surface area is 456 Å². The molecule has 9 rings (SSSR count). The molecule has 1 saturated heterocycles. The number of terminal acetylenes is 1. The van der Waals surface area contributed by atoms with Crippen LogP contribution in [0.1, 0.15) is 177 Å². The maximum Gasteiger partial charge on any atom is 0.274 e. The van der Waals surface area contributed by atoms with Gasteiger partial charge in [0.25, 0.3) is 5.91 Å². The van der Waals surface area contributed by atoms with Crippen molar-refractivity contribution in [2.24, 2.45) is 22.2 Å². The van der Waals surface area contributed by atoms with Crippen LogP contribution in [0.5, 0.6) is 17.2 Å². The summed E-state index contributed by atoms with van der Waals surface area (Å²) in [7, 11) is 3.36. The van der Waals surface area contributed by atoms with E-state index in [1.807, 2.05) is 18.7 Å². The van der Waals surface area contributed by atoms with Crippen molar-refractivity contribution in [3.05, 3.63) is 112 Å².